The van der Waals surface area contributed by atoms with Crippen molar-refractivity contribution in [3.63, 3.8) is 0 Å². The molecule has 13 heteroatoms. The fourth-order valence-corrected chi connectivity index (χ4v) is 4.71. The minimum Gasteiger partial charge on any atom is -0.453 e. The summed E-state index contributed by atoms with van der Waals surface area (Å²) in [5.74, 6) is -5.05. The van der Waals surface area contributed by atoms with Crippen LogP contribution in [0, 0.1) is 23.3 Å². The lowest BCUT2D eigenvalue weighted by Gasteiger charge is -2.18. The van der Waals surface area contributed by atoms with Crippen LogP contribution in [0.3, 0.4) is 0 Å². The Morgan fingerprint density at radius 3 is 1.98 bits per heavy atom. The Kier molecular flexibility index (Phi) is 6.75. The molecule has 5 aromatic rings. The van der Waals surface area contributed by atoms with E-state index < -0.39 is 44.6 Å². The van der Waals surface area contributed by atoms with Gasteiger partial charge in [0.05, 0.1) is 11.9 Å². The van der Waals surface area contributed by atoms with Crippen molar-refractivity contribution in [2.45, 2.75) is 0 Å². The molecule has 0 aliphatic carbocycles. The van der Waals surface area contributed by atoms with Crippen molar-refractivity contribution in [2.75, 3.05) is 11.0 Å². The summed E-state index contributed by atoms with van der Waals surface area (Å²) < 4.78 is 95.7. The average molecular weight is 574 g/mol. The molecule has 0 fully saturated rings. The van der Waals surface area contributed by atoms with E-state index in [1.165, 1.54) is 22.9 Å². The number of ether oxygens (including phenoxy) is 2. The minimum atomic E-state index is -3.92. The van der Waals surface area contributed by atoms with Crippen molar-refractivity contribution < 1.29 is 35.5 Å². The average Bonchev–Trinajstić information content (AvgIpc) is 3.20. The molecule has 2 heterocycles. The first-order valence-corrected chi connectivity index (χ1v) is 13.4. The van der Waals surface area contributed by atoms with Crippen LogP contribution in [0.5, 0.6) is 23.0 Å². The molecule has 0 saturated heterocycles. The molecule has 40 heavy (non-hydrogen) atoms. The molecule has 2 aromatic heterocycles. The topological polar surface area (TPSA) is 102 Å². The zero-order valence-electron chi connectivity index (χ0n) is 20.8. The number of aryl methyl sites for hydroxylation is 1. The normalized spacial score (nSPS) is 11.6. The van der Waals surface area contributed by atoms with E-state index in [0.29, 0.717) is 23.1 Å². The van der Waals surface area contributed by atoms with Crippen LogP contribution in [0.4, 0.5) is 23.2 Å². The van der Waals surface area contributed by atoms with Crippen molar-refractivity contribution in [2.24, 2.45) is 7.05 Å². The van der Waals surface area contributed by atoms with Gasteiger partial charge in [-0.1, -0.05) is 0 Å². The van der Waals surface area contributed by atoms with Gasteiger partial charge in [-0.3, -0.25) is 9.52 Å². The smallest absolute Gasteiger partial charge is 0.272 e. The van der Waals surface area contributed by atoms with Gasteiger partial charge < -0.3 is 19.0 Å². The van der Waals surface area contributed by atoms with Crippen molar-refractivity contribution in [1.82, 2.24) is 9.55 Å². The number of pyridine rings is 1. The van der Waals surface area contributed by atoms with Crippen LogP contribution in [0.1, 0.15) is 0 Å². The lowest BCUT2D eigenvalue weighted by molar-refractivity contribution is 0.423. The molecule has 0 aliphatic heterocycles. The van der Waals surface area contributed by atoms with Crippen molar-refractivity contribution in [1.29, 1.82) is 0 Å². The first kappa shape index (κ1) is 26.8. The highest BCUT2D eigenvalue weighted by molar-refractivity contribution is 7.92. The number of aromatic nitrogens is 2. The first-order valence-electron chi connectivity index (χ1n) is 11.5. The van der Waals surface area contributed by atoms with Gasteiger partial charge in [-0.05, 0) is 36.4 Å². The predicted octanol–water partition coefficient (Wildman–Crippen LogP) is 6.05. The van der Waals surface area contributed by atoms with Crippen LogP contribution >= 0.6 is 0 Å². The van der Waals surface area contributed by atoms with Gasteiger partial charge in [0.2, 0.25) is 10.0 Å². The Morgan fingerprint density at radius 2 is 1.40 bits per heavy atom. The van der Waals surface area contributed by atoms with E-state index in [4.69, 9.17) is 9.47 Å². The molecule has 206 valence electrons. The lowest BCUT2D eigenvalue weighted by atomic mass is 10.0. The molecule has 3 aromatic carbocycles. The maximum Gasteiger partial charge on any atom is 0.272 e. The highest BCUT2D eigenvalue weighted by Crippen LogP contribution is 2.45. The Morgan fingerprint density at radius 1 is 0.800 bits per heavy atom. The molecule has 0 spiro atoms. The number of H-pyrrole nitrogens is 1. The zero-order chi connectivity index (χ0) is 28.8. The van der Waals surface area contributed by atoms with Crippen molar-refractivity contribution >= 4 is 26.6 Å². The van der Waals surface area contributed by atoms with Gasteiger partial charge in [0.15, 0.2) is 28.9 Å². The number of fused-ring (bicyclic) bond motifs is 1. The van der Waals surface area contributed by atoms with Crippen LogP contribution in [-0.2, 0) is 17.1 Å². The van der Waals surface area contributed by atoms with Crippen LogP contribution < -0.4 is 19.8 Å². The standard InChI is InChI=1S/C27H19F4N3O5S/c1-34-13-18(16-7-8-32-27(35)26(16)34)17-11-21(33-40(2,36)37)25(39-23-6-4-15(29)10-20(23)31)12-24(17)38-22-5-3-14(28)9-19(22)30/h3-13,33H,1-2H3,(H,32,35). The maximum absolute atomic E-state index is 14.6. The van der Waals surface area contributed by atoms with E-state index in [1.807, 2.05) is 0 Å². The van der Waals surface area contributed by atoms with Crippen molar-refractivity contribution in [3.05, 3.63) is 101 Å². The summed E-state index contributed by atoms with van der Waals surface area (Å²) in [7, 11) is -2.30. The molecular weight excluding hydrogens is 554 g/mol. The highest BCUT2D eigenvalue weighted by atomic mass is 32.2. The number of hydrogen-bond donors (Lipinski definition) is 2. The molecule has 0 unspecified atom stereocenters. The summed E-state index contributed by atoms with van der Waals surface area (Å²) in [6.45, 7) is 0. The number of anilines is 1. The number of sulfonamides is 1. The van der Waals surface area contributed by atoms with Gasteiger partial charge in [0.25, 0.3) is 5.56 Å². The molecule has 2 N–H and O–H groups in total. The number of benzene rings is 3. The Hall–Kier alpha value is -4.78. The molecule has 0 bridgehead atoms. The fraction of sp³-hybridized carbons (Fsp3) is 0.0741. The van der Waals surface area contributed by atoms with E-state index in [9.17, 15) is 30.8 Å². The van der Waals surface area contributed by atoms with E-state index in [1.54, 1.807) is 19.3 Å². The largest absolute Gasteiger partial charge is 0.453 e. The third-order valence-corrected chi connectivity index (χ3v) is 6.39. The van der Waals surface area contributed by atoms with Crippen LogP contribution in [0.25, 0.3) is 22.0 Å². The van der Waals surface area contributed by atoms with Crippen LogP contribution in [-0.4, -0.2) is 24.2 Å². The van der Waals surface area contributed by atoms with E-state index in [0.717, 1.165) is 30.5 Å². The SMILES string of the molecule is Cn1cc(-c2cc(NS(C)(=O)=O)c(Oc3ccc(F)cc3F)cc2Oc2ccc(F)cc2F)c2cc[nH]c(=O)c21. The lowest BCUT2D eigenvalue weighted by Crippen LogP contribution is -2.11. The molecular formula is C27H19F4N3O5S. The van der Waals surface area contributed by atoms with Crippen LogP contribution in [0.15, 0.2) is 71.8 Å². The summed E-state index contributed by atoms with van der Waals surface area (Å²) >= 11 is 0. The number of nitrogens with one attached hydrogen (secondary N) is 2. The summed E-state index contributed by atoms with van der Waals surface area (Å²) in [5.41, 5.74) is 0.271. The number of rotatable bonds is 7. The number of aromatic amines is 1. The Labute approximate surface area is 224 Å². The second-order valence-electron chi connectivity index (χ2n) is 8.80. The first-order chi connectivity index (χ1) is 18.9. The van der Waals surface area contributed by atoms with Gasteiger partial charge in [0, 0.05) is 54.2 Å². The van der Waals surface area contributed by atoms with Crippen molar-refractivity contribution in [3.8, 4) is 34.1 Å². The third-order valence-electron chi connectivity index (χ3n) is 5.80. The monoisotopic (exact) mass is 573 g/mol. The quantitative estimate of drug-likeness (QED) is 0.231. The second kappa shape index (κ2) is 10.1. The van der Waals surface area contributed by atoms with Gasteiger partial charge in [-0.15, -0.1) is 0 Å². The molecule has 8 nitrogen and oxygen atoms in total. The van der Waals surface area contributed by atoms with Crippen LogP contribution in [0.2, 0.25) is 0 Å². The molecule has 0 saturated carbocycles. The van der Waals surface area contributed by atoms with Gasteiger partial charge >= 0.3 is 0 Å². The number of nitrogens with zero attached hydrogens (tertiary/aromatic N) is 1. The Bertz CT molecular complexity index is 1950. The maximum atomic E-state index is 14.6. The summed E-state index contributed by atoms with van der Waals surface area (Å²) in [6.07, 6.45) is 3.87. The summed E-state index contributed by atoms with van der Waals surface area (Å²) in [4.78, 5) is 15.1. The molecule has 0 radical (unpaired) electrons. The molecule has 0 atom stereocenters. The minimum absolute atomic E-state index is 0.116. The van der Waals surface area contributed by atoms with E-state index in [2.05, 4.69) is 9.71 Å². The predicted molar refractivity (Wildman–Crippen MR) is 140 cm³/mol. The number of hydrogen-bond acceptors (Lipinski definition) is 5. The van der Waals surface area contributed by atoms with Gasteiger partial charge in [-0.2, -0.15) is 0 Å². The molecule has 0 aliphatic rings. The zero-order valence-corrected chi connectivity index (χ0v) is 21.6. The molecule has 5 rings (SSSR count). The summed E-state index contributed by atoms with van der Waals surface area (Å²) in [5, 5.41) is 0.444. The second-order valence-corrected chi connectivity index (χ2v) is 10.5. The van der Waals surface area contributed by atoms with E-state index in [-0.39, 0.29) is 34.0 Å². The van der Waals surface area contributed by atoms with E-state index >= 15 is 0 Å². The van der Waals surface area contributed by atoms with Gasteiger partial charge in [-0.25, -0.2) is 26.0 Å². The highest BCUT2D eigenvalue weighted by Gasteiger charge is 2.22. The molecule has 0 amide bonds. The summed E-state index contributed by atoms with van der Waals surface area (Å²) in [6, 6.07) is 9.21. The Balaban J connectivity index is 1.78. The fourth-order valence-electron chi connectivity index (χ4n) is 4.15. The number of halogens is 4. The van der Waals surface area contributed by atoms with Gasteiger partial charge in [0.1, 0.15) is 22.9 Å². The third kappa shape index (κ3) is 5.36.